The molecule has 1 atom stereocenters. The molecule has 2 aromatic rings. The molecular weight excluding hydrogens is 423 g/mol. The lowest BCUT2D eigenvalue weighted by Crippen LogP contribution is -2.42. The highest BCUT2D eigenvalue weighted by molar-refractivity contribution is 6.62. The molecule has 0 spiro atoms. The summed E-state index contributed by atoms with van der Waals surface area (Å²) in [5, 5.41) is 14.8. The third-order valence-electron chi connectivity index (χ3n) is 6.03. The van der Waals surface area contributed by atoms with Crippen molar-refractivity contribution in [1.29, 1.82) is 0 Å². The normalized spacial score (nSPS) is 17.3. The average molecular weight is 452 g/mol. The van der Waals surface area contributed by atoms with Gasteiger partial charge in [-0.1, -0.05) is 36.4 Å². The van der Waals surface area contributed by atoms with Gasteiger partial charge in [0, 0.05) is 13.3 Å². The molecule has 1 saturated heterocycles. The van der Waals surface area contributed by atoms with Crippen LogP contribution in [0.5, 0.6) is 0 Å². The molecule has 0 radical (unpaired) electrons. The van der Waals surface area contributed by atoms with Gasteiger partial charge in [0.1, 0.15) is 6.04 Å². The second kappa shape index (κ2) is 9.37. The molecular formula is C24H29BN2O6. The molecule has 8 nitrogen and oxygen atoms in total. The first kappa shape index (κ1) is 24.5. The Morgan fingerprint density at radius 2 is 1.55 bits per heavy atom. The van der Waals surface area contributed by atoms with Crippen LogP contribution in [0.25, 0.3) is 0 Å². The van der Waals surface area contributed by atoms with Crippen LogP contribution in [-0.2, 0) is 25.3 Å². The van der Waals surface area contributed by atoms with E-state index in [0.717, 1.165) is 11.0 Å². The van der Waals surface area contributed by atoms with Crippen LogP contribution < -0.4 is 16.1 Å². The van der Waals surface area contributed by atoms with Gasteiger partial charge < -0.3 is 25.0 Å². The Balaban J connectivity index is 1.70. The number of anilines is 1. The topological polar surface area (TPSA) is 114 Å². The summed E-state index contributed by atoms with van der Waals surface area (Å²) in [6.45, 7) is 9.25. The smallest absolute Gasteiger partial charge is 0.480 e. The summed E-state index contributed by atoms with van der Waals surface area (Å²) in [7, 11) is -0.510. The van der Waals surface area contributed by atoms with Gasteiger partial charge in [0.25, 0.3) is 5.91 Å². The fraction of sp³-hybridized carbons (Fsp3) is 0.375. The monoisotopic (exact) mass is 452 g/mol. The van der Waals surface area contributed by atoms with E-state index in [0.29, 0.717) is 5.69 Å². The highest BCUT2D eigenvalue weighted by Gasteiger charge is 2.51. The lowest BCUT2D eigenvalue weighted by atomic mass is 9.78. The molecule has 1 heterocycles. The second-order valence-electron chi connectivity index (χ2n) is 9.13. The van der Waals surface area contributed by atoms with Crippen LogP contribution in [0.1, 0.15) is 50.5 Å². The predicted octanol–water partition coefficient (Wildman–Crippen LogP) is 2.37. The van der Waals surface area contributed by atoms with Crippen LogP contribution in [0.3, 0.4) is 0 Å². The molecule has 0 unspecified atom stereocenters. The average Bonchev–Trinajstić information content (AvgIpc) is 2.95. The quantitative estimate of drug-likeness (QED) is 0.556. The molecule has 1 fully saturated rings. The van der Waals surface area contributed by atoms with E-state index in [2.05, 4.69) is 10.6 Å². The predicted molar refractivity (Wildman–Crippen MR) is 125 cm³/mol. The molecule has 0 bridgehead atoms. The van der Waals surface area contributed by atoms with Gasteiger partial charge in [-0.25, -0.2) is 4.79 Å². The molecule has 33 heavy (non-hydrogen) atoms. The molecule has 2 amide bonds. The largest absolute Gasteiger partial charge is 0.494 e. The summed E-state index contributed by atoms with van der Waals surface area (Å²) in [6.07, 6.45) is 0.0903. The number of aliphatic carboxylic acids is 1. The summed E-state index contributed by atoms with van der Waals surface area (Å²) in [5.41, 5.74) is 1.16. The second-order valence-corrected chi connectivity index (χ2v) is 9.13. The van der Waals surface area contributed by atoms with Crippen molar-refractivity contribution in [1.82, 2.24) is 5.32 Å². The number of rotatable bonds is 7. The maximum Gasteiger partial charge on any atom is 0.494 e. The van der Waals surface area contributed by atoms with Crippen LogP contribution in [-0.4, -0.2) is 47.3 Å². The van der Waals surface area contributed by atoms with Gasteiger partial charge in [-0.05, 0) is 50.9 Å². The summed E-state index contributed by atoms with van der Waals surface area (Å²) in [6, 6.07) is 12.6. The number of carbonyl (C=O) groups excluding carboxylic acids is 2. The molecule has 0 saturated carbocycles. The number of hydrogen-bond acceptors (Lipinski definition) is 5. The van der Waals surface area contributed by atoms with Crippen molar-refractivity contribution in [2.75, 3.05) is 5.32 Å². The van der Waals surface area contributed by atoms with Crippen molar-refractivity contribution in [2.45, 2.75) is 58.3 Å². The van der Waals surface area contributed by atoms with E-state index in [9.17, 15) is 19.5 Å². The van der Waals surface area contributed by atoms with Gasteiger partial charge in [-0.2, -0.15) is 0 Å². The van der Waals surface area contributed by atoms with E-state index < -0.39 is 36.2 Å². The van der Waals surface area contributed by atoms with Gasteiger partial charge in [0.05, 0.1) is 22.5 Å². The van der Waals surface area contributed by atoms with E-state index in [-0.39, 0.29) is 17.9 Å². The minimum Gasteiger partial charge on any atom is -0.480 e. The molecule has 174 valence electrons. The first-order valence-corrected chi connectivity index (χ1v) is 10.7. The lowest BCUT2D eigenvalue weighted by molar-refractivity contribution is -0.139. The Kier molecular flexibility index (Phi) is 6.95. The minimum absolute atomic E-state index is 0.0903. The molecule has 3 rings (SSSR count). The van der Waals surface area contributed by atoms with Gasteiger partial charge in [-0.15, -0.1) is 0 Å². The molecule has 2 aromatic carbocycles. The van der Waals surface area contributed by atoms with E-state index in [1.807, 2.05) is 39.8 Å². The third kappa shape index (κ3) is 5.61. The molecule has 0 aliphatic carbocycles. The van der Waals surface area contributed by atoms with E-state index >= 15 is 0 Å². The maximum absolute atomic E-state index is 12.7. The first-order chi connectivity index (χ1) is 15.4. The number of para-hydroxylation sites is 1. The van der Waals surface area contributed by atoms with Gasteiger partial charge >= 0.3 is 13.1 Å². The minimum atomic E-state index is -1.16. The molecule has 3 N–H and O–H groups in total. The van der Waals surface area contributed by atoms with Gasteiger partial charge in [-0.3, -0.25) is 9.59 Å². The van der Waals surface area contributed by atoms with E-state index in [4.69, 9.17) is 9.31 Å². The fourth-order valence-electron chi connectivity index (χ4n) is 3.44. The van der Waals surface area contributed by atoms with Crippen molar-refractivity contribution in [2.24, 2.45) is 0 Å². The Morgan fingerprint density at radius 1 is 0.970 bits per heavy atom. The Bertz CT molecular complexity index is 1040. The number of amides is 2. The van der Waals surface area contributed by atoms with Crippen LogP contribution in [0, 0.1) is 0 Å². The van der Waals surface area contributed by atoms with Crippen molar-refractivity contribution in [3.05, 3.63) is 59.7 Å². The van der Waals surface area contributed by atoms with Crippen molar-refractivity contribution in [3.8, 4) is 0 Å². The lowest BCUT2D eigenvalue weighted by Gasteiger charge is -2.32. The highest BCUT2D eigenvalue weighted by Crippen LogP contribution is 2.36. The summed E-state index contributed by atoms with van der Waals surface area (Å²) in [5.74, 6) is -2.07. The molecule has 1 aliphatic rings. The summed E-state index contributed by atoms with van der Waals surface area (Å²) >= 11 is 0. The standard InChI is InChI=1S/C24H29BN2O6/c1-15(28)26-19-9-7-6-8-18(19)21(29)27-20(22(30)31)14-16-10-12-17(13-11-16)25-32-23(2,3)24(4,5)33-25/h6-13,20H,14H2,1-5H3,(H,26,28)(H,27,29)(H,30,31)/t20-/m0/s1. The highest BCUT2D eigenvalue weighted by atomic mass is 16.7. The number of carboxylic acids is 1. The Labute approximate surface area is 193 Å². The van der Waals surface area contributed by atoms with Gasteiger partial charge in [0.15, 0.2) is 0 Å². The van der Waals surface area contributed by atoms with Crippen LogP contribution in [0.2, 0.25) is 0 Å². The van der Waals surface area contributed by atoms with Crippen molar-refractivity contribution >= 4 is 36.1 Å². The Hall–Kier alpha value is -3.17. The van der Waals surface area contributed by atoms with E-state index in [1.165, 1.54) is 13.0 Å². The van der Waals surface area contributed by atoms with Gasteiger partial charge in [0.2, 0.25) is 5.91 Å². The Morgan fingerprint density at radius 3 is 2.09 bits per heavy atom. The number of hydrogen-bond donors (Lipinski definition) is 3. The number of carbonyl (C=O) groups is 3. The van der Waals surface area contributed by atoms with Crippen LogP contribution in [0.15, 0.2) is 48.5 Å². The van der Waals surface area contributed by atoms with Crippen LogP contribution in [0.4, 0.5) is 5.69 Å². The first-order valence-electron chi connectivity index (χ1n) is 10.7. The summed E-state index contributed by atoms with van der Waals surface area (Å²) < 4.78 is 12.1. The molecule has 9 heteroatoms. The molecule has 1 aliphatic heterocycles. The SMILES string of the molecule is CC(=O)Nc1ccccc1C(=O)N[C@@H](Cc1ccc(B2OC(C)(C)C(C)(C)O2)cc1)C(=O)O. The summed E-state index contributed by atoms with van der Waals surface area (Å²) in [4.78, 5) is 36.0. The zero-order chi connectivity index (χ0) is 24.4. The van der Waals surface area contributed by atoms with Crippen molar-refractivity contribution < 1.29 is 28.8 Å². The van der Waals surface area contributed by atoms with Crippen molar-refractivity contribution in [3.63, 3.8) is 0 Å². The third-order valence-corrected chi connectivity index (χ3v) is 6.03. The molecule has 0 aromatic heterocycles. The van der Waals surface area contributed by atoms with E-state index in [1.54, 1.807) is 30.3 Å². The zero-order valence-corrected chi connectivity index (χ0v) is 19.5. The number of carboxylic acid groups (broad SMARTS) is 1. The number of nitrogens with one attached hydrogen (secondary N) is 2. The maximum atomic E-state index is 12.7. The van der Waals surface area contributed by atoms with Crippen LogP contribution >= 0.6 is 0 Å². The number of benzene rings is 2. The zero-order valence-electron chi connectivity index (χ0n) is 19.5. The fourth-order valence-corrected chi connectivity index (χ4v) is 3.44.